The predicted molar refractivity (Wildman–Crippen MR) is 84.6 cm³/mol. The molecule has 2 fully saturated rings. The fourth-order valence-corrected chi connectivity index (χ4v) is 3.08. The van der Waals surface area contributed by atoms with Crippen molar-refractivity contribution in [1.29, 1.82) is 0 Å². The number of nitrogens with one attached hydrogen (secondary N) is 1. The third-order valence-electron chi connectivity index (χ3n) is 4.29. The standard InChI is InChI=1S/C15H30N4O2/c1-4-16-15(18-6-5-14(20)10-18)17-9-12(2)19-7-8-21-11-13(19)3/h12-14,20H,4-11H2,1-3H3,(H,16,17)/t12?,13?,14-/m1/s1. The smallest absolute Gasteiger partial charge is 0.194 e. The molecule has 2 saturated heterocycles. The Bertz CT molecular complexity index is 351. The molecule has 2 heterocycles. The number of rotatable bonds is 4. The lowest BCUT2D eigenvalue weighted by molar-refractivity contribution is -0.0166. The quantitative estimate of drug-likeness (QED) is 0.571. The van der Waals surface area contributed by atoms with Crippen LogP contribution in [0.25, 0.3) is 0 Å². The maximum atomic E-state index is 9.69. The van der Waals surface area contributed by atoms with Gasteiger partial charge < -0.3 is 20.1 Å². The van der Waals surface area contributed by atoms with Crippen LogP contribution in [0.1, 0.15) is 27.2 Å². The zero-order valence-electron chi connectivity index (χ0n) is 13.6. The van der Waals surface area contributed by atoms with E-state index in [1.165, 1.54) is 0 Å². The lowest BCUT2D eigenvalue weighted by Crippen LogP contribution is -2.49. The summed E-state index contributed by atoms with van der Waals surface area (Å²) in [6.07, 6.45) is 0.617. The van der Waals surface area contributed by atoms with Crippen LogP contribution in [0.15, 0.2) is 4.99 Å². The topological polar surface area (TPSA) is 60.3 Å². The average molecular weight is 298 g/mol. The van der Waals surface area contributed by atoms with Crippen LogP contribution < -0.4 is 5.32 Å². The molecule has 0 amide bonds. The van der Waals surface area contributed by atoms with Gasteiger partial charge in [-0.1, -0.05) is 0 Å². The Kier molecular flexibility index (Phi) is 6.26. The molecule has 2 aliphatic heterocycles. The molecule has 0 radical (unpaired) electrons. The van der Waals surface area contributed by atoms with Gasteiger partial charge in [-0.05, 0) is 27.2 Å². The summed E-state index contributed by atoms with van der Waals surface area (Å²) in [6.45, 7) is 12.3. The Morgan fingerprint density at radius 1 is 1.48 bits per heavy atom. The maximum absolute atomic E-state index is 9.69. The Morgan fingerprint density at radius 2 is 2.29 bits per heavy atom. The van der Waals surface area contributed by atoms with Crippen LogP contribution in [0.3, 0.4) is 0 Å². The second-order valence-corrected chi connectivity index (χ2v) is 6.09. The van der Waals surface area contributed by atoms with Crippen molar-refractivity contribution >= 4 is 5.96 Å². The third kappa shape index (κ3) is 4.56. The number of guanidine groups is 1. The molecule has 0 aromatic rings. The summed E-state index contributed by atoms with van der Waals surface area (Å²) in [5, 5.41) is 13.0. The van der Waals surface area contributed by atoms with E-state index in [1.54, 1.807) is 0 Å². The fourth-order valence-electron chi connectivity index (χ4n) is 3.08. The van der Waals surface area contributed by atoms with Gasteiger partial charge in [-0.25, -0.2) is 0 Å². The minimum atomic E-state index is -0.217. The lowest BCUT2D eigenvalue weighted by Gasteiger charge is -2.37. The molecule has 2 unspecified atom stereocenters. The molecule has 2 aliphatic rings. The van der Waals surface area contributed by atoms with Gasteiger partial charge in [0.15, 0.2) is 5.96 Å². The summed E-state index contributed by atoms with van der Waals surface area (Å²) in [6, 6.07) is 0.866. The van der Waals surface area contributed by atoms with Gasteiger partial charge in [0, 0.05) is 38.3 Å². The van der Waals surface area contributed by atoms with Crippen molar-refractivity contribution in [2.24, 2.45) is 4.99 Å². The largest absolute Gasteiger partial charge is 0.391 e. The summed E-state index contributed by atoms with van der Waals surface area (Å²) < 4.78 is 5.49. The lowest BCUT2D eigenvalue weighted by atomic mass is 10.2. The minimum absolute atomic E-state index is 0.217. The van der Waals surface area contributed by atoms with Gasteiger partial charge in [-0.2, -0.15) is 0 Å². The number of hydrogen-bond acceptors (Lipinski definition) is 4. The molecular formula is C15H30N4O2. The molecule has 6 nitrogen and oxygen atoms in total. The number of aliphatic hydroxyl groups excluding tert-OH is 1. The highest BCUT2D eigenvalue weighted by Gasteiger charge is 2.25. The first-order valence-electron chi connectivity index (χ1n) is 8.16. The maximum Gasteiger partial charge on any atom is 0.194 e. The van der Waals surface area contributed by atoms with Crippen LogP contribution in [0, 0.1) is 0 Å². The Morgan fingerprint density at radius 3 is 2.90 bits per heavy atom. The average Bonchev–Trinajstić information content (AvgIpc) is 2.90. The number of likely N-dealkylation sites (tertiary alicyclic amines) is 1. The Balaban J connectivity index is 1.91. The van der Waals surface area contributed by atoms with Crippen molar-refractivity contribution in [3.8, 4) is 0 Å². The van der Waals surface area contributed by atoms with Crippen LogP contribution in [-0.2, 0) is 4.74 Å². The number of β-amino-alcohol motifs (C(OH)–C–C–N with tert-alkyl or cyclic N) is 1. The molecule has 6 heteroatoms. The number of hydrogen-bond donors (Lipinski definition) is 2. The van der Waals surface area contributed by atoms with E-state index in [4.69, 9.17) is 9.73 Å². The molecule has 2 rings (SSSR count). The predicted octanol–water partition coefficient (Wildman–Crippen LogP) is 0.128. The summed E-state index contributed by atoms with van der Waals surface area (Å²) in [4.78, 5) is 9.40. The monoisotopic (exact) mass is 298 g/mol. The van der Waals surface area contributed by atoms with E-state index >= 15 is 0 Å². The van der Waals surface area contributed by atoms with Crippen LogP contribution in [0.5, 0.6) is 0 Å². The van der Waals surface area contributed by atoms with Gasteiger partial charge in [0.2, 0.25) is 0 Å². The summed E-state index contributed by atoms with van der Waals surface area (Å²) >= 11 is 0. The zero-order chi connectivity index (χ0) is 15.2. The SMILES string of the molecule is CCNC(=NCC(C)N1CCOCC1C)N1CC[C@@H](O)C1. The first-order valence-corrected chi connectivity index (χ1v) is 8.16. The highest BCUT2D eigenvalue weighted by Crippen LogP contribution is 2.12. The molecule has 0 aromatic heterocycles. The molecule has 0 spiro atoms. The normalized spacial score (nSPS) is 29.7. The van der Waals surface area contributed by atoms with Crippen molar-refractivity contribution < 1.29 is 9.84 Å². The van der Waals surface area contributed by atoms with Gasteiger partial charge in [-0.3, -0.25) is 9.89 Å². The van der Waals surface area contributed by atoms with E-state index in [0.717, 1.165) is 51.8 Å². The van der Waals surface area contributed by atoms with Crippen molar-refractivity contribution in [2.75, 3.05) is 45.9 Å². The van der Waals surface area contributed by atoms with Crippen molar-refractivity contribution in [3.63, 3.8) is 0 Å². The van der Waals surface area contributed by atoms with Crippen molar-refractivity contribution in [1.82, 2.24) is 15.1 Å². The highest BCUT2D eigenvalue weighted by molar-refractivity contribution is 5.80. The first-order chi connectivity index (χ1) is 10.1. The van der Waals surface area contributed by atoms with Crippen LogP contribution in [0.4, 0.5) is 0 Å². The number of ether oxygens (including phenoxy) is 1. The van der Waals surface area contributed by atoms with Gasteiger partial charge >= 0.3 is 0 Å². The second kappa shape index (κ2) is 7.96. The molecule has 0 bridgehead atoms. The minimum Gasteiger partial charge on any atom is -0.391 e. The molecule has 21 heavy (non-hydrogen) atoms. The molecule has 0 saturated carbocycles. The highest BCUT2D eigenvalue weighted by atomic mass is 16.5. The summed E-state index contributed by atoms with van der Waals surface area (Å²) in [7, 11) is 0. The number of morpholine rings is 1. The van der Waals surface area contributed by atoms with E-state index < -0.39 is 0 Å². The van der Waals surface area contributed by atoms with Crippen LogP contribution >= 0.6 is 0 Å². The van der Waals surface area contributed by atoms with E-state index in [9.17, 15) is 5.11 Å². The first kappa shape index (κ1) is 16.5. The van der Waals surface area contributed by atoms with Gasteiger partial charge in [0.05, 0.1) is 25.9 Å². The van der Waals surface area contributed by atoms with E-state index in [1.807, 2.05) is 0 Å². The second-order valence-electron chi connectivity index (χ2n) is 6.09. The third-order valence-corrected chi connectivity index (χ3v) is 4.29. The number of aliphatic imine (C=N–C) groups is 1. The molecule has 122 valence electrons. The Labute approximate surface area is 128 Å². The molecule has 0 aromatic carbocycles. The van der Waals surface area contributed by atoms with Gasteiger partial charge in [0.25, 0.3) is 0 Å². The van der Waals surface area contributed by atoms with E-state index in [0.29, 0.717) is 18.6 Å². The van der Waals surface area contributed by atoms with Crippen molar-refractivity contribution in [2.45, 2.75) is 45.4 Å². The molecule has 3 atom stereocenters. The van der Waals surface area contributed by atoms with Crippen molar-refractivity contribution in [3.05, 3.63) is 0 Å². The summed E-state index contributed by atoms with van der Waals surface area (Å²) in [5.41, 5.74) is 0. The van der Waals surface area contributed by atoms with Gasteiger partial charge in [-0.15, -0.1) is 0 Å². The van der Waals surface area contributed by atoms with Crippen LogP contribution in [-0.4, -0.2) is 85.0 Å². The van der Waals surface area contributed by atoms with E-state index in [2.05, 4.69) is 35.9 Å². The zero-order valence-corrected chi connectivity index (χ0v) is 13.6. The van der Waals surface area contributed by atoms with E-state index in [-0.39, 0.29) is 6.10 Å². The fraction of sp³-hybridized carbons (Fsp3) is 0.933. The molecular weight excluding hydrogens is 268 g/mol. The number of nitrogens with zero attached hydrogens (tertiary/aromatic N) is 3. The van der Waals surface area contributed by atoms with Gasteiger partial charge in [0.1, 0.15) is 0 Å². The summed E-state index contributed by atoms with van der Waals surface area (Å²) in [5.74, 6) is 0.932. The number of aliphatic hydroxyl groups is 1. The Hall–Kier alpha value is -0.850. The molecule has 0 aliphatic carbocycles. The van der Waals surface area contributed by atoms with Crippen LogP contribution in [0.2, 0.25) is 0 Å². The molecule has 2 N–H and O–H groups in total.